The number of thioether (sulfide) groups is 2. The van der Waals surface area contributed by atoms with Crippen molar-refractivity contribution in [3.8, 4) is 6.07 Å². The van der Waals surface area contributed by atoms with Crippen LogP contribution in [0.3, 0.4) is 0 Å². The van der Waals surface area contributed by atoms with Crippen molar-refractivity contribution in [3.63, 3.8) is 0 Å². The van der Waals surface area contributed by atoms with Gasteiger partial charge in [-0.05, 0) is 42.6 Å². The zero-order valence-corrected chi connectivity index (χ0v) is 11.3. The molecule has 1 aromatic rings. The van der Waals surface area contributed by atoms with Crippen molar-refractivity contribution in [2.24, 2.45) is 0 Å². The number of nitriles is 1. The highest BCUT2D eigenvalue weighted by atomic mass is 32.2. The van der Waals surface area contributed by atoms with Crippen molar-refractivity contribution in [2.45, 2.75) is 34.8 Å². The van der Waals surface area contributed by atoms with E-state index in [2.05, 4.69) is 30.3 Å². The van der Waals surface area contributed by atoms with Gasteiger partial charge in [-0.25, -0.2) is 0 Å². The van der Waals surface area contributed by atoms with Crippen LogP contribution in [0.1, 0.15) is 30.7 Å². The van der Waals surface area contributed by atoms with Crippen molar-refractivity contribution in [3.05, 3.63) is 29.8 Å². The van der Waals surface area contributed by atoms with Crippen molar-refractivity contribution < 1.29 is 0 Å². The maximum absolute atomic E-state index is 9.45. The van der Waals surface area contributed by atoms with Crippen LogP contribution in [0.25, 0.3) is 0 Å². The van der Waals surface area contributed by atoms with Gasteiger partial charge in [-0.1, -0.05) is 18.2 Å². The Labute approximate surface area is 111 Å². The topological polar surface area (TPSA) is 23.8 Å². The standard InChI is InChI=1S/C14H15NS2/c15-10-14(6-3-7-17-14)8-11-9-16-13-5-2-1-4-12(11)13/h1-2,4-5,11H,3,6-9H2. The van der Waals surface area contributed by atoms with Gasteiger partial charge in [0, 0.05) is 10.6 Å². The first-order valence-electron chi connectivity index (χ1n) is 6.10. The molecule has 2 aliphatic rings. The quantitative estimate of drug-likeness (QED) is 0.802. The minimum absolute atomic E-state index is 0.0946. The third-order valence-corrected chi connectivity index (χ3v) is 6.44. The summed E-state index contributed by atoms with van der Waals surface area (Å²) in [6, 6.07) is 11.3. The molecule has 88 valence electrons. The lowest BCUT2D eigenvalue weighted by Crippen LogP contribution is -2.22. The van der Waals surface area contributed by atoms with Gasteiger partial charge in [0.25, 0.3) is 0 Å². The van der Waals surface area contributed by atoms with Gasteiger partial charge in [0.1, 0.15) is 4.75 Å². The fraction of sp³-hybridized carbons (Fsp3) is 0.500. The lowest BCUT2D eigenvalue weighted by Gasteiger charge is -2.23. The number of hydrogen-bond donors (Lipinski definition) is 0. The van der Waals surface area contributed by atoms with Gasteiger partial charge in [-0.15, -0.1) is 23.5 Å². The van der Waals surface area contributed by atoms with Gasteiger partial charge < -0.3 is 0 Å². The zero-order chi connectivity index (χ0) is 11.7. The minimum Gasteiger partial charge on any atom is -0.197 e. The van der Waals surface area contributed by atoms with Crippen LogP contribution in [-0.2, 0) is 0 Å². The van der Waals surface area contributed by atoms with E-state index in [4.69, 9.17) is 0 Å². The second kappa shape index (κ2) is 4.59. The Morgan fingerprint density at radius 3 is 3.06 bits per heavy atom. The predicted octanol–water partition coefficient (Wildman–Crippen LogP) is 4.06. The van der Waals surface area contributed by atoms with Crippen LogP contribution in [0.15, 0.2) is 29.2 Å². The average Bonchev–Trinajstić information content (AvgIpc) is 2.99. The number of hydrogen-bond acceptors (Lipinski definition) is 3. The first kappa shape index (κ1) is 11.5. The Kier molecular flexibility index (Phi) is 3.10. The third kappa shape index (κ3) is 2.09. The van der Waals surface area contributed by atoms with Crippen LogP contribution in [0.5, 0.6) is 0 Å². The zero-order valence-electron chi connectivity index (χ0n) is 9.69. The highest BCUT2D eigenvalue weighted by molar-refractivity contribution is 8.01. The second-order valence-electron chi connectivity index (χ2n) is 4.81. The van der Waals surface area contributed by atoms with Crippen LogP contribution in [0.4, 0.5) is 0 Å². The minimum atomic E-state index is -0.0946. The fourth-order valence-corrected chi connectivity index (χ4v) is 5.39. The van der Waals surface area contributed by atoms with E-state index in [1.165, 1.54) is 16.9 Å². The van der Waals surface area contributed by atoms with Crippen LogP contribution in [0, 0.1) is 11.3 Å². The summed E-state index contributed by atoms with van der Waals surface area (Å²) in [4.78, 5) is 1.42. The molecule has 0 saturated carbocycles. The Morgan fingerprint density at radius 1 is 1.41 bits per heavy atom. The van der Waals surface area contributed by atoms with E-state index >= 15 is 0 Å². The molecule has 0 bridgehead atoms. The maximum Gasteiger partial charge on any atom is 0.103 e. The first-order chi connectivity index (χ1) is 8.33. The maximum atomic E-state index is 9.45. The molecule has 0 radical (unpaired) electrons. The fourth-order valence-electron chi connectivity index (χ4n) is 2.79. The van der Waals surface area contributed by atoms with Crippen LogP contribution < -0.4 is 0 Å². The van der Waals surface area contributed by atoms with Crippen LogP contribution in [0.2, 0.25) is 0 Å². The van der Waals surface area contributed by atoms with Crippen molar-refractivity contribution in [1.29, 1.82) is 5.26 Å². The molecule has 0 amide bonds. The molecule has 1 aromatic carbocycles. The van der Waals surface area contributed by atoms with E-state index in [1.807, 2.05) is 23.5 Å². The summed E-state index contributed by atoms with van der Waals surface area (Å²) in [5.74, 6) is 2.90. The number of nitrogens with zero attached hydrogens (tertiary/aromatic N) is 1. The molecule has 1 fully saturated rings. The molecule has 0 aromatic heterocycles. The molecule has 1 nitrogen and oxygen atoms in total. The van der Waals surface area contributed by atoms with Gasteiger partial charge in [0.15, 0.2) is 0 Å². The molecule has 2 unspecified atom stereocenters. The van der Waals surface area contributed by atoms with Gasteiger partial charge >= 0.3 is 0 Å². The monoisotopic (exact) mass is 261 g/mol. The average molecular weight is 261 g/mol. The molecule has 0 N–H and O–H groups in total. The molecule has 1 saturated heterocycles. The molecular formula is C14H15NS2. The predicted molar refractivity (Wildman–Crippen MR) is 74.6 cm³/mol. The van der Waals surface area contributed by atoms with Crippen molar-refractivity contribution in [2.75, 3.05) is 11.5 Å². The molecule has 3 rings (SSSR count). The highest BCUT2D eigenvalue weighted by Gasteiger charge is 2.39. The molecule has 0 aliphatic carbocycles. The van der Waals surface area contributed by atoms with E-state index < -0.39 is 0 Å². The third-order valence-electron chi connectivity index (χ3n) is 3.68. The Bertz CT molecular complexity index is 458. The summed E-state index contributed by atoms with van der Waals surface area (Å²) in [5.41, 5.74) is 1.47. The number of fused-ring (bicyclic) bond motifs is 1. The molecular weight excluding hydrogens is 246 g/mol. The normalized spacial score (nSPS) is 31.1. The Hall–Kier alpha value is -0.590. The summed E-state index contributed by atoms with van der Waals surface area (Å²) in [6.07, 6.45) is 3.33. The molecule has 3 heteroatoms. The van der Waals surface area contributed by atoms with E-state index in [-0.39, 0.29) is 4.75 Å². The van der Waals surface area contributed by atoms with Gasteiger partial charge in [-0.2, -0.15) is 5.26 Å². The summed E-state index contributed by atoms with van der Waals surface area (Å²) < 4.78 is -0.0946. The molecule has 2 atom stereocenters. The second-order valence-corrected chi connectivity index (χ2v) is 7.35. The van der Waals surface area contributed by atoms with Crippen molar-refractivity contribution in [1.82, 2.24) is 0 Å². The molecule has 17 heavy (non-hydrogen) atoms. The van der Waals surface area contributed by atoms with Gasteiger partial charge in [-0.3, -0.25) is 0 Å². The van der Waals surface area contributed by atoms with E-state index in [0.717, 1.165) is 24.3 Å². The van der Waals surface area contributed by atoms with Gasteiger partial charge in [0.2, 0.25) is 0 Å². The highest BCUT2D eigenvalue weighted by Crippen LogP contribution is 2.49. The van der Waals surface area contributed by atoms with E-state index in [9.17, 15) is 5.26 Å². The smallest absolute Gasteiger partial charge is 0.103 e. The lowest BCUT2D eigenvalue weighted by molar-refractivity contribution is 0.565. The van der Waals surface area contributed by atoms with Crippen LogP contribution >= 0.6 is 23.5 Å². The summed E-state index contributed by atoms with van der Waals surface area (Å²) in [5, 5.41) is 9.45. The molecule has 0 spiro atoms. The summed E-state index contributed by atoms with van der Waals surface area (Å²) in [7, 11) is 0. The largest absolute Gasteiger partial charge is 0.197 e. The number of benzene rings is 1. The Balaban J connectivity index is 1.82. The van der Waals surface area contributed by atoms with Crippen molar-refractivity contribution >= 4 is 23.5 Å². The lowest BCUT2D eigenvalue weighted by atomic mass is 9.88. The SMILES string of the molecule is N#CC1(CC2CSc3ccccc32)CCCS1. The first-order valence-corrected chi connectivity index (χ1v) is 8.07. The number of rotatable bonds is 2. The summed E-state index contributed by atoms with van der Waals surface area (Å²) in [6.45, 7) is 0. The van der Waals surface area contributed by atoms with E-state index in [1.54, 1.807) is 0 Å². The Morgan fingerprint density at radius 2 is 2.29 bits per heavy atom. The van der Waals surface area contributed by atoms with Gasteiger partial charge in [0.05, 0.1) is 6.07 Å². The van der Waals surface area contributed by atoms with E-state index in [0.29, 0.717) is 5.92 Å². The molecule has 2 heterocycles. The molecule has 2 aliphatic heterocycles. The van der Waals surface area contributed by atoms with Crippen LogP contribution in [-0.4, -0.2) is 16.3 Å². The summed E-state index contributed by atoms with van der Waals surface area (Å²) >= 11 is 3.83.